The number of hydrogen-bond acceptors (Lipinski definition) is 5. The van der Waals surface area contributed by atoms with Crippen molar-refractivity contribution in [2.75, 3.05) is 25.0 Å². The second-order valence-corrected chi connectivity index (χ2v) is 6.32. The zero-order valence-electron chi connectivity index (χ0n) is 14.5. The number of aliphatic hydroxyl groups excluding tert-OH is 1. The fourth-order valence-electron chi connectivity index (χ4n) is 2.96. The predicted molar refractivity (Wildman–Crippen MR) is 94.7 cm³/mol. The number of aliphatic hydroxyl groups is 1. The van der Waals surface area contributed by atoms with E-state index < -0.39 is 17.7 Å². The molecule has 1 atom stereocenters. The van der Waals surface area contributed by atoms with E-state index >= 15 is 0 Å². The topological polar surface area (TPSA) is 90.8 Å². The number of carbonyl (C=O) groups is 1. The van der Waals surface area contributed by atoms with Crippen molar-refractivity contribution in [3.05, 3.63) is 53.1 Å². The maximum absolute atomic E-state index is 13.1. The molecule has 144 valence electrons. The molecule has 0 saturated heterocycles. The minimum atomic E-state index is -0.916. The third-order valence-corrected chi connectivity index (χ3v) is 4.22. The molecule has 8 heteroatoms. The number of phenols is 1. The van der Waals surface area contributed by atoms with Gasteiger partial charge >= 0.3 is 0 Å². The van der Waals surface area contributed by atoms with Gasteiger partial charge in [-0.05, 0) is 49.2 Å². The molecule has 0 saturated carbocycles. The highest BCUT2D eigenvalue weighted by molar-refractivity contribution is 5.97. The first-order valence-electron chi connectivity index (χ1n) is 8.56. The molecule has 3 rings (SSSR count). The molecule has 4 N–H and O–H groups in total. The summed E-state index contributed by atoms with van der Waals surface area (Å²) in [6.07, 6.45) is 0.221. The average Bonchev–Trinajstić information content (AvgIpc) is 2.61. The number of rotatable bonds is 7. The Morgan fingerprint density at radius 3 is 2.70 bits per heavy atom. The maximum atomic E-state index is 13.1. The van der Waals surface area contributed by atoms with E-state index in [0.29, 0.717) is 30.5 Å². The molecule has 6 nitrogen and oxygen atoms in total. The molecule has 1 heterocycles. The molecule has 1 amide bonds. The zero-order valence-corrected chi connectivity index (χ0v) is 14.5. The van der Waals surface area contributed by atoms with Crippen molar-refractivity contribution < 1.29 is 28.5 Å². The van der Waals surface area contributed by atoms with Crippen LogP contribution in [0.2, 0.25) is 0 Å². The van der Waals surface area contributed by atoms with E-state index in [2.05, 4.69) is 10.6 Å². The lowest BCUT2D eigenvalue weighted by Crippen LogP contribution is -2.28. The van der Waals surface area contributed by atoms with Crippen molar-refractivity contribution in [1.29, 1.82) is 0 Å². The van der Waals surface area contributed by atoms with E-state index in [9.17, 15) is 23.8 Å². The molecule has 0 radical (unpaired) electrons. The number of ether oxygens (including phenoxy) is 1. The van der Waals surface area contributed by atoms with Crippen molar-refractivity contribution in [3.63, 3.8) is 0 Å². The summed E-state index contributed by atoms with van der Waals surface area (Å²) in [5.74, 6) is -1.46. The molecule has 2 aromatic carbocycles. The minimum Gasteiger partial charge on any atom is -0.506 e. The van der Waals surface area contributed by atoms with E-state index in [1.54, 1.807) is 0 Å². The lowest BCUT2D eigenvalue weighted by atomic mass is 10.0. The summed E-state index contributed by atoms with van der Waals surface area (Å²) in [5, 5.41) is 25.8. The zero-order chi connectivity index (χ0) is 19.4. The van der Waals surface area contributed by atoms with Crippen molar-refractivity contribution in [2.45, 2.75) is 18.9 Å². The lowest BCUT2D eigenvalue weighted by molar-refractivity contribution is -0.118. The summed E-state index contributed by atoms with van der Waals surface area (Å²) >= 11 is 0. The van der Waals surface area contributed by atoms with Crippen LogP contribution >= 0.6 is 0 Å². The SMILES string of the molecule is O=C1COc2c(C(O)CNCCCc3cc(F)cc(F)c3)ccc(O)c2N1. The summed E-state index contributed by atoms with van der Waals surface area (Å²) < 4.78 is 31.6. The number of aryl methyl sites for hydroxylation is 1. The quantitative estimate of drug-likeness (QED) is 0.438. The first kappa shape index (κ1) is 19.1. The molecule has 2 aromatic rings. The predicted octanol–water partition coefficient (Wildman–Crippen LogP) is 2.26. The van der Waals surface area contributed by atoms with Gasteiger partial charge in [-0.3, -0.25) is 4.79 Å². The van der Waals surface area contributed by atoms with Crippen LogP contribution in [0.1, 0.15) is 23.7 Å². The van der Waals surface area contributed by atoms with Gasteiger partial charge in [0.25, 0.3) is 5.91 Å². The number of anilines is 1. The first-order valence-corrected chi connectivity index (χ1v) is 8.56. The van der Waals surface area contributed by atoms with Crippen LogP contribution < -0.4 is 15.4 Å². The van der Waals surface area contributed by atoms with Gasteiger partial charge in [-0.25, -0.2) is 8.78 Å². The van der Waals surface area contributed by atoms with Gasteiger partial charge in [-0.2, -0.15) is 0 Å². The van der Waals surface area contributed by atoms with Crippen LogP contribution in [0.15, 0.2) is 30.3 Å². The Bertz CT molecular complexity index is 824. The molecule has 27 heavy (non-hydrogen) atoms. The standard InChI is InChI=1S/C19H20F2N2O4/c20-12-6-11(7-13(21)8-12)2-1-5-22-9-16(25)14-3-4-15(24)18-19(14)27-10-17(26)23-18/h3-4,6-8,16,22,24-25H,1-2,5,9-10H2,(H,23,26). The van der Waals surface area contributed by atoms with Gasteiger partial charge in [0.05, 0.1) is 6.10 Å². The van der Waals surface area contributed by atoms with E-state index in [1.165, 1.54) is 24.3 Å². The number of nitrogens with one attached hydrogen (secondary N) is 2. The molecule has 1 aliphatic heterocycles. The number of hydrogen-bond donors (Lipinski definition) is 4. The molecule has 0 spiro atoms. The Hall–Kier alpha value is -2.71. The smallest absolute Gasteiger partial charge is 0.262 e. The molecular formula is C19H20F2N2O4. The minimum absolute atomic E-state index is 0.135. The highest BCUT2D eigenvalue weighted by Crippen LogP contribution is 2.41. The van der Waals surface area contributed by atoms with E-state index in [-0.39, 0.29) is 36.2 Å². The molecular weight excluding hydrogens is 358 g/mol. The molecule has 1 aliphatic rings. The molecule has 1 unspecified atom stereocenters. The summed E-state index contributed by atoms with van der Waals surface area (Å²) in [7, 11) is 0. The third kappa shape index (κ3) is 4.72. The van der Waals surface area contributed by atoms with Crippen LogP contribution in [-0.4, -0.2) is 35.8 Å². The van der Waals surface area contributed by atoms with Crippen LogP contribution in [0.3, 0.4) is 0 Å². The Morgan fingerprint density at radius 1 is 1.22 bits per heavy atom. The van der Waals surface area contributed by atoms with E-state index in [1.807, 2.05) is 0 Å². The molecule has 0 aromatic heterocycles. The summed E-state index contributed by atoms with van der Waals surface area (Å²) in [4.78, 5) is 11.4. The monoisotopic (exact) mass is 378 g/mol. The van der Waals surface area contributed by atoms with Crippen LogP contribution in [0.25, 0.3) is 0 Å². The van der Waals surface area contributed by atoms with Crippen molar-refractivity contribution in [3.8, 4) is 11.5 Å². The van der Waals surface area contributed by atoms with Gasteiger partial charge in [-0.15, -0.1) is 0 Å². The maximum Gasteiger partial charge on any atom is 0.262 e. The Morgan fingerprint density at radius 2 is 1.96 bits per heavy atom. The van der Waals surface area contributed by atoms with Crippen LogP contribution in [0, 0.1) is 11.6 Å². The number of halogens is 2. The number of fused-ring (bicyclic) bond motifs is 1. The van der Waals surface area contributed by atoms with Crippen LogP contribution in [-0.2, 0) is 11.2 Å². The van der Waals surface area contributed by atoms with Crippen LogP contribution in [0.4, 0.5) is 14.5 Å². The van der Waals surface area contributed by atoms with Gasteiger partial charge in [0.2, 0.25) is 0 Å². The number of carbonyl (C=O) groups excluding carboxylic acids is 1. The molecule has 0 bridgehead atoms. The average molecular weight is 378 g/mol. The largest absolute Gasteiger partial charge is 0.506 e. The Balaban J connectivity index is 1.52. The second-order valence-electron chi connectivity index (χ2n) is 6.32. The first-order chi connectivity index (χ1) is 12.9. The highest BCUT2D eigenvalue weighted by Gasteiger charge is 2.25. The summed E-state index contributed by atoms with van der Waals surface area (Å²) in [6.45, 7) is 0.562. The Labute approximate surface area is 154 Å². The van der Waals surface area contributed by atoms with E-state index in [0.717, 1.165) is 6.07 Å². The van der Waals surface area contributed by atoms with Gasteiger partial charge in [-0.1, -0.05) is 0 Å². The fourth-order valence-corrected chi connectivity index (χ4v) is 2.96. The van der Waals surface area contributed by atoms with Gasteiger partial charge in [0, 0.05) is 18.2 Å². The lowest BCUT2D eigenvalue weighted by Gasteiger charge is -2.23. The third-order valence-electron chi connectivity index (χ3n) is 4.22. The van der Waals surface area contributed by atoms with E-state index in [4.69, 9.17) is 4.74 Å². The number of amides is 1. The fraction of sp³-hybridized carbons (Fsp3) is 0.316. The summed E-state index contributed by atoms with van der Waals surface area (Å²) in [6, 6.07) is 6.35. The van der Waals surface area contributed by atoms with Crippen LogP contribution in [0.5, 0.6) is 11.5 Å². The number of phenolic OH excluding ortho intramolecular Hbond substituents is 1. The normalized spacial score (nSPS) is 14.3. The van der Waals surface area contributed by atoms with Gasteiger partial charge < -0.3 is 25.6 Å². The molecule has 0 aliphatic carbocycles. The summed E-state index contributed by atoms with van der Waals surface area (Å²) in [5.41, 5.74) is 1.17. The number of aromatic hydroxyl groups is 1. The Kier molecular flexibility index (Phi) is 5.88. The highest BCUT2D eigenvalue weighted by atomic mass is 19.1. The second kappa shape index (κ2) is 8.32. The number of benzene rings is 2. The van der Waals surface area contributed by atoms with Gasteiger partial charge in [0.1, 0.15) is 23.1 Å². The van der Waals surface area contributed by atoms with Crippen molar-refractivity contribution in [1.82, 2.24) is 5.32 Å². The van der Waals surface area contributed by atoms with Crippen molar-refractivity contribution >= 4 is 11.6 Å². The van der Waals surface area contributed by atoms with Gasteiger partial charge in [0.15, 0.2) is 12.4 Å². The van der Waals surface area contributed by atoms with Crippen molar-refractivity contribution in [2.24, 2.45) is 0 Å². The molecule has 0 fully saturated rings.